The van der Waals surface area contributed by atoms with Crippen LogP contribution in [0.5, 0.6) is 0 Å². The van der Waals surface area contributed by atoms with E-state index in [-0.39, 0.29) is 12.6 Å². The molecule has 0 heterocycles. The molecule has 4 amide bonds. The molecule has 0 aliphatic heterocycles. The van der Waals surface area contributed by atoms with Crippen molar-refractivity contribution in [3.05, 3.63) is 0 Å². The Balaban J connectivity index is 2.75. The summed E-state index contributed by atoms with van der Waals surface area (Å²) in [6.45, 7) is -0.292. The molecule has 0 saturated heterocycles. The number of carboxylic acid groups (broad SMARTS) is 1. The number of amides is 4. The monoisotopic (exact) mass is 300 g/mol. The van der Waals surface area contributed by atoms with E-state index in [0.717, 1.165) is 25.7 Å². The molecule has 9 nitrogen and oxygen atoms in total. The van der Waals surface area contributed by atoms with Crippen molar-refractivity contribution in [2.45, 2.75) is 44.2 Å². The van der Waals surface area contributed by atoms with E-state index in [2.05, 4.69) is 5.32 Å². The molecule has 1 rings (SSSR count). The van der Waals surface area contributed by atoms with Crippen LogP contribution in [0.15, 0.2) is 0 Å². The maximum atomic E-state index is 12.2. The van der Waals surface area contributed by atoms with Crippen molar-refractivity contribution in [1.82, 2.24) is 10.2 Å². The van der Waals surface area contributed by atoms with E-state index in [1.165, 1.54) is 4.90 Å². The average Bonchev–Trinajstić information content (AvgIpc) is 2.87. The summed E-state index contributed by atoms with van der Waals surface area (Å²) in [7, 11) is 0. The second-order valence-electron chi connectivity index (χ2n) is 5.04. The van der Waals surface area contributed by atoms with Gasteiger partial charge in [-0.05, 0) is 12.8 Å². The number of nitrogens with one attached hydrogen (secondary N) is 1. The summed E-state index contributed by atoms with van der Waals surface area (Å²) in [4.78, 5) is 46.3. The van der Waals surface area contributed by atoms with Gasteiger partial charge in [0.05, 0.1) is 6.42 Å². The Kier molecular flexibility index (Phi) is 5.94. The smallest absolute Gasteiger partial charge is 0.326 e. The van der Waals surface area contributed by atoms with Crippen LogP contribution in [0.2, 0.25) is 0 Å². The SMILES string of the molecule is NC(=O)C[C@@H](NC(=O)N(CC(N)=O)C1CCCC1)C(=O)O. The van der Waals surface area contributed by atoms with Gasteiger partial charge in [0, 0.05) is 6.04 Å². The first-order valence-electron chi connectivity index (χ1n) is 6.67. The zero-order chi connectivity index (χ0) is 16.0. The molecule has 21 heavy (non-hydrogen) atoms. The highest BCUT2D eigenvalue weighted by molar-refractivity contribution is 5.89. The molecule has 0 aromatic heterocycles. The molecule has 118 valence electrons. The lowest BCUT2D eigenvalue weighted by Gasteiger charge is -2.29. The topological polar surface area (TPSA) is 156 Å². The highest BCUT2D eigenvalue weighted by Crippen LogP contribution is 2.23. The van der Waals surface area contributed by atoms with Gasteiger partial charge < -0.3 is 26.8 Å². The first-order valence-corrected chi connectivity index (χ1v) is 6.67. The lowest BCUT2D eigenvalue weighted by Crippen LogP contribution is -2.53. The van der Waals surface area contributed by atoms with Crippen LogP contribution < -0.4 is 16.8 Å². The predicted octanol–water partition coefficient (Wildman–Crippen LogP) is -1.25. The third-order valence-electron chi connectivity index (χ3n) is 3.35. The number of nitrogens with zero attached hydrogens (tertiary/aromatic N) is 1. The molecule has 0 unspecified atom stereocenters. The number of hydrogen-bond acceptors (Lipinski definition) is 4. The molecule has 9 heteroatoms. The summed E-state index contributed by atoms with van der Waals surface area (Å²) in [5, 5.41) is 11.2. The fourth-order valence-corrected chi connectivity index (χ4v) is 2.38. The molecule has 1 saturated carbocycles. The number of urea groups is 1. The van der Waals surface area contributed by atoms with Gasteiger partial charge in [-0.2, -0.15) is 0 Å². The van der Waals surface area contributed by atoms with Gasteiger partial charge in [0.25, 0.3) is 0 Å². The Morgan fingerprint density at radius 3 is 2.14 bits per heavy atom. The molecule has 1 aliphatic rings. The van der Waals surface area contributed by atoms with Gasteiger partial charge in [0.1, 0.15) is 12.6 Å². The molecule has 1 fully saturated rings. The highest BCUT2D eigenvalue weighted by Gasteiger charge is 2.31. The average molecular weight is 300 g/mol. The maximum Gasteiger partial charge on any atom is 0.326 e. The standard InChI is InChI=1S/C12H20N4O5/c13-9(17)5-8(11(19)20)15-12(21)16(6-10(14)18)7-3-1-2-4-7/h7-8H,1-6H2,(H2,13,17)(H2,14,18)(H,15,21)(H,19,20)/t8-/m1/s1. The van der Waals surface area contributed by atoms with Gasteiger partial charge in [0.15, 0.2) is 0 Å². The number of carboxylic acids is 1. The van der Waals surface area contributed by atoms with Gasteiger partial charge in [-0.3, -0.25) is 9.59 Å². The van der Waals surface area contributed by atoms with E-state index in [1.807, 2.05) is 0 Å². The number of carbonyl (C=O) groups excluding carboxylic acids is 3. The summed E-state index contributed by atoms with van der Waals surface area (Å²) in [5.41, 5.74) is 10.1. The molecular formula is C12H20N4O5. The fourth-order valence-electron chi connectivity index (χ4n) is 2.38. The van der Waals surface area contributed by atoms with Crippen molar-refractivity contribution in [3.8, 4) is 0 Å². The minimum atomic E-state index is -1.42. The van der Waals surface area contributed by atoms with Crippen LogP contribution in [0.3, 0.4) is 0 Å². The fraction of sp³-hybridized carbons (Fsp3) is 0.667. The van der Waals surface area contributed by atoms with Gasteiger partial charge in [-0.1, -0.05) is 12.8 Å². The Morgan fingerprint density at radius 1 is 1.14 bits per heavy atom. The van der Waals surface area contributed by atoms with E-state index >= 15 is 0 Å². The number of primary amides is 2. The zero-order valence-corrected chi connectivity index (χ0v) is 11.6. The number of nitrogens with two attached hydrogens (primary N) is 2. The third-order valence-corrected chi connectivity index (χ3v) is 3.35. The number of aliphatic carboxylic acids is 1. The Bertz CT molecular complexity index is 433. The number of carbonyl (C=O) groups is 4. The number of hydrogen-bond donors (Lipinski definition) is 4. The molecule has 6 N–H and O–H groups in total. The lowest BCUT2D eigenvalue weighted by atomic mass is 10.2. The number of rotatable bonds is 7. The third kappa shape index (κ3) is 5.28. The molecule has 0 spiro atoms. The molecule has 0 radical (unpaired) electrons. The van der Waals surface area contributed by atoms with Crippen molar-refractivity contribution >= 4 is 23.8 Å². The van der Waals surface area contributed by atoms with Crippen LogP contribution >= 0.6 is 0 Å². The largest absolute Gasteiger partial charge is 0.480 e. The Labute approximate surface area is 121 Å². The van der Waals surface area contributed by atoms with Crippen LogP contribution in [-0.4, -0.2) is 52.4 Å². The van der Waals surface area contributed by atoms with Gasteiger partial charge in [-0.15, -0.1) is 0 Å². The summed E-state index contributed by atoms with van der Waals surface area (Å²) in [6, 6.07) is -2.30. The summed E-state index contributed by atoms with van der Waals surface area (Å²) >= 11 is 0. The normalized spacial score (nSPS) is 16.2. The van der Waals surface area contributed by atoms with Crippen molar-refractivity contribution in [2.24, 2.45) is 11.5 Å². The minimum absolute atomic E-state index is 0.152. The van der Waals surface area contributed by atoms with Crippen molar-refractivity contribution in [1.29, 1.82) is 0 Å². The lowest BCUT2D eigenvalue weighted by molar-refractivity contribution is -0.141. The second-order valence-corrected chi connectivity index (χ2v) is 5.04. The minimum Gasteiger partial charge on any atom is -0.480 e. The van der Waals surface area contributed by atoms with Gasteiger partial charge in [-0.25, -0.2) is 9.59 Å². The quantitative estimate of drug-likeness (QED) is 0.462. The Morgan fingerprint density at radius 2 is 1.71 bits per heavy atom. The molecule has 0 aromatic rings. The summed E-state index contributed by atoms with van der Waals surface area (Å²) < 4.78 is 0. The highest BCUT2D eigenvalue weighted by atomic mass is 16.4. The predicted molar refractivity (Wildman–Crippen MR) is 71.9 cm³/mol. The van der Waals surface area contributed by atoms with Crippen LogP contribution in [0, 0.1) is 0 Å². The van der Waals surface area contributed by atoms with E-state index < -0.39 is 36.3 Å². The van der Waals surface area contributed by atoms with Crippen LogP contribution in [0.1, 0.15) is 32.1 Å². The molecule has 1 aliphatic carbocycles. The van der Waals surface area contributed by atoms with E-state index in [1.54, 1.807) is 0 Å². The molecule has 0 aromatic carbocycles. The second kappa shape index (κ2) is 7.46. The van der Waals surface area contributed by atoms with E-state index in [9.17, 15) is 19.2 Å². The van der Waals surface area contributed by atoms with Crippen LogP contribution in [0.4, 0.5) is 4.79 Å². The molecular weight excluding hydrogens is 280 g/mol. The van der Waals surface area contributed by atoms with E-state index in [0.29, 0.717) is 0 Å². The van der Waals surface area contributed by atoms with E-state index in [4.69, 9.17) is 16.6 Å². The Hall–Kier alpha value is -2.32. The zero-order valence-electron chi connectivity index (χ0n) is 11.6. The van der Waals surface area contributed by atoms with Crippen LogP contribution in [0.25, 0.3) is 0 Å². The van der Waals surface area contributed by atoms with Crippen LogP contribution in [-0.2, 0) is 14.4 Å². The molecule has 1 atom stereocenters. The molecule has 0 bridgehead atoms. The summed E-state index contributed by atoms with van der Waals surface area (Å²) in [5.74, 6) is -2.89. The van der Waals surface area contributed by atoms with Gasteiger partial charge >= 0.3 is 12.0 Å². The van der Waals surface area contributed by atoms with Crippen molar-refractivity contribution in [3.63, 3.8) is 0 Å². The first-order chi connectivity index (χ1) is 9.81. The van der Waals surface area contributed by atoms with Crippen molar-refractivity contribution in [2.75, 3.05) is 6.54 Å². The van der Waals surface area contributed by atoms with Crippen molar-refractivity contribution < 1.29 is 24.3 Å². The van der Waals surface area contributed by atoms with Gasteiger partial charge in [0.2, 0.25) is 11.8 Å². The first kappa shape index (κ1) is 16.7. The summed E-state index contributed by atoms with van der Waals surface area (Å²) in [6.07, 6.45) is 2.80. The maximum absolute atomic E-state index is 12.2.